The number of amides is 1. The van der Waals surface area contributed by atoms with Crippen molar-refractivity contribution in [2.75, 3.05) is 18.9 Å². The second kappa shape index (κ2) is 6.56. The Labute approximate surface area is 118 Å². The van der Waals surface area contributed by atoms with Crippen LogP contribution in [0.25, 0.3) is 0 Å². The van der Waals surface area contributed by atoms with Crippen LogP contribution in [0.15, 0.2) is 22.7 Å². The lowest BCUT2D eigenvalue weighted by Crippen LogP contribution is -2.28. The first-order valence-electron chi connectivity index (χ1n) is 4.95. The molecule has 0 saturated heterocycles. The maximum atomic E-state index is 11.7. The van der Waals surface area contributed by atoms with E-state index in [-0.39, 0.29) is 11.8 Å². The number of halogens is 2. The number of carbonyl (C=O) groups excluding carboxylic acids is 1. The fraction of sp³-hybridized carbons (Fsp3) is 0.364. The number of carbonyl (C=O) groups is 1. The third-order valence-electron chi connectivity index (χ3n) is 2.15. The highest BCUT2D eigenvalue weighted by atomic mass is 127. The van der Waals surface area contributed by atoms with E-state index in [2.05, 4.69) is 49.2 Å². The molecule has 1 atom stereocenters. The van der Waals surface area contributed by atoms with Crippen molar-refractivity contribution in [2.24, 2.45) is 5.92 Å². The SMILES string of the molecule is CNCC(C)C(=O)Nc1ccc(Br)c(I)c1. The van der Waals surface area contributed by atoms with Crippen LogP contribution in [-0.4, -0.2) is 19.5 Å². The Kier molecular flexibility index (Phi) is 5.71. The summed E-state index contributed by atoms with van der Waals surface area (Å²) in [5.74, 6) is -0.00113. The van der Waals surface area contributed by atoms with Crippen LogP contribution < -0.4 is 10.6 Å². The highest BCUT2D eigenvalue weighted by Gasteiger charge is 2.12. The van der Waals surface area contributed by atoms with Crippen LogP contribution in [0, 0.1) is 9.49 Å². The third kappa shape index (κ3) is 4.03. The largest absolute Gasteiger partial charge is 0.326 e. The summed E-state index contributed by atoms with van der Waals surface area (Å²) < 4.78 is 2.12. The monoisotopic (exact) mass is 396 g/mol. The summed E-state index contributed by atoms with van der Waals surface area (Å²) in [6, 6.07) is 5.75. The Morgan fingerprint density at radius 3 is 2.81 bits per heavy atom. The molecule has 0 saturated carbocycles. The van der Waals surface area contributed by atoms with Crippen molar-refractivity contribution in [2.45, 2.75) is 6.92 Å². The standard InChI is InChI=1S/C11H14BrIN2O/c1-7(6-14-2)11(16)15-8-3-4-9(12)10(13)5-8/h3-5,7,14H,6H2,1-2H3,(H,15,16). The minimum absolute atomic E-state index is 0.0347. The first-order valence-corrected chi connectivity index (χ1v) is 6.82. The molecular formula is C11H14BrIN2O. The Bertz CT molecular complexity index is 384. The number of hydrogen-bond donors (Lipinski definition) is 2. The number of benzene rings is 1. The van der Waals surface area contributed by atoms with E-state index in [9.17, 15) is 4.79 Å². The smallest absolute Gasteiger partial charge is 0.228 e. The fourth-order valence-electron chi connectivity index (χ4n) is 1.24. The van der Waals surface area contributed by atoms with Crippen molar-refractivity contribution in [3.05, 3.63) is 26.2 Å². The van der Waals surface area contributed by atoms with Crippen molar-refractivity contribution in [1.82, 2.24) is 5.32 Å². The summed E-state index contributed by atoms with van der Waals surface area (Å²) in [5, 5.41) is 5.87. The van der Waals surface area contributed by atoms with Crippen LogP contribution in [0.1, 0.15) is 6.92 Å². The molecule has 0 aromatic heterocycles. The lowest BCUT2D eigenvalue weighted by Gasteiger charge is -2.12. The fourth-order valence-corrected chi connectivity index (χ4v) is 2.00. The van der Waals surface area contributed by atoms with Gasteiger partial charge >= 0.3 is 0 Å². The average Bonchev–Trinajstić information content (AvgIpc) is 2.24. The number of anilines is 1. The molecule has 1 aromatic carbocycles. The maximum absolute atomic E-state index is 11.7. The third-order valence-corrected chi connectivity index (χ3v) is 4.47. The Balaban J connectivity index is 2.66. The molecular weight excluding hydrogens is 383 g/mol. The molecule has 0 aliphatic heterocycles. The predicted octanol–water partition coefficient (Wildman–Crippen LogP) is 2.85. The van der Waals surface area contributed by atoms with Crippen LogP contribution >= 0.6 is 38.5 Å². The molecule has 5 heteroatoms. The zero-order chi connectivity index (χ0) is 12.1. The van der Waals surface area contributed by atoms with Crippen molar-refractivity contribution < 1.29 is 4.79 Å². The van der Waals surface area contributed by atoms with E-state index >= 15 is 0 Å². The van der Waals surface area contributed by atoms with E-state index in [0.29, 0.717) is 6.54 Å². The minimum Gasteiger partial charge on any atom is -0.326 e. The summed E-state index contributed by atoms with van der Waals surface area (Å²) >= 11 is 5.64. The molecule has 1 aromatic rings. The van der Waals surface area contributed by atoms with Crippen LogP contribution in [-0.2, 0) is 4.79 Å². The van der Waals surface area contributed by atoms with Gasteiger partial charge in [0.05, 0.1) is 0 Å². The maximum Gasteiger partial charge on any atom is 0.228 e. The summed E-state index contributed by atoms with van der Waals surface area (Å²) in [4.78, 5) is 11.7. The average molecular weight is 397 g/mol. The molecule has 0 bridgehead atoms. The van der Waals surface area contributed by atoms with Gasteiger partial charge in [-0.25, -0.2) is 0 Å². The number of rotatable bonds is 4. The molecule has 0 radical (unpaired) electrons. The predicted molar refractivity (Wildman–Crippen MR) is 78.6 cm³/mol. The highest BCUT2D eigenvalue weighted by Crippen LogP contribution is 2.22. The summed E-state index contributed by atoms with van der Waals surface area (Å²) in [5.41, 5.74) is 0.834. The molecule has 1 rings (SSSR count). The Hall–Kier alpha value is -0.140. The summed E-state index contributed by atoms with van der Waals surface area (Å²) in [6.07, 6.45) is 0. The molecule has 3 nitrogen and oxygen atoms in total. The van der Waals surface area contributed by atoms with E-state index in [0.717, 1.165) is 13.7 Å². The van der Waals surface area contributed by atoms with Crippen LogP contribution in [0.3, 0.4) is 0 Å². The molecule has 0 spiro atoms. The lowest BCUT2D eigenvalue weighted by molar-refractivity contribution is -0.119. The topological polar surface area (TPSA) is 41.1 Å². The molecule has 2 N–H and O–H groups in total. The zero-order valence-electron chi connectivity index (χ0n) is 9.18. The zero-order valence-corrected chi connectivity index (χ0v) is 12.9. The molecule has 0 heterocycles. The van der Waals surface area contributed by atoms with E-state index in [1.807, 2.05) is 32.2 Å². The van der Waals surface area contributed by atoms with Crippen LogP contribution in [0.2, 0.25) is 0 Å². The number of nitrogens with one attached hydrogen (secondary N) is 2. The molecule has 0 aliphatic rings. The molecule has 0 aliphatic carbocycles. The Morgan fingerprint density at radius 1 is 1.56 bits per heavy atom. The van der Waals surface area contributed by atoms with Gasteiger partial charge in [0.1, 0.15) is 0 Å². The van der Waals surface area contributed by atoms with Gasteiger partial charge in [-0.15, -0.1) is 0 Å². The van der Waals surface area contributed by atoms with Crippen molar-refractivity contribution in [3.8, 4) is 0 Å². The van der Waals surface area contributed by atoms with E-state index in [1.165, 1.54) is 0 Å². The van der Waals surface area contributed by atoms with Gasteiger partial charge in [0.25, 0.3) is 0 Å². The first kappa shape index (κ1) is 13.9. The van der Waals surface area contributed by atoms with Crippen LogP contribution in [0.5, 0.6) is 0 Å². The van der Waals surface area contributed by atoms with Gasteiger partial charge in [0.2, 0.25) is 5.91 Å². The summed E-state index contributed by atoms with van der Waals surface area (Å²) in [6.45, 7) is 2.58. The van der Waals surface area contributed by atoms with Gasteiger partial charge in [0, 0.05) is 26.2 Å². The molecule has 16 heavy (non-hydrogen) atoms. The molecule has 1 unspecified atom stereocenters. The van der Waals surface area contributed by atoms with Crippen molar-refractivity contribution in [1.29, 1.82) is 0 Å². The second-order valence-electron chi connectivity index (χ2n) is 3.58. The second-order valence-corrected chi connectivity index (χ2v) is 5.59. The number of hydrogen-bond acceptors (Lipinski definition) is 2. The summed E-state index contributed by atoms with van der Waals surface area (Å²) in [7, 11) is 1.84. The van der Waals surface area contributed by atoms with Crippen LogP contribution in [0.4, 0.5) is 5.69 Å². The lowest BCUT2D eigenvalue weighted by atomic mass is 10.1. The van der Waals surface area contributed by atoms with Crippen molar-refractivity contribution >= 4 is 50.1 Å². The molecule has 88 valence electrons. The van der Waals surface area contributed by atoms with Crippen molar-refractivity contribution in [3.63, 3.8) is 0 Å². The molecule has 0 fully saturated rings. The van der Waals surface area contributed by atoms with E-state index < -0.39 is 0 Å². The Morgan fingerprint density at radius 2 is 2.25 bits per heavy atom. The quantitative estimate of drug-likeness (QED) is 0.768. The van der Waals surface area contributed by atoms with E-state index in [1.54, 1.807) is 0 Å². The van der Waals surface area contributed by atoms with Gasteiger partial charge in [-0.3, -0.25) is 4.79 Å². The van der Waals surface area contributed by atoms with Gasteiger partial charge in [-0.1, -0.05) is 6.92 Å². The molecule has 1 amide bonds. The first-order chi connectivity index (χ1) is 7.54. The van der Waals surface area contributed by atoms with Gasteiger partial charge in [-0.2, -0.15) is 0 Å². The highest BCUT2D eigenvalue weighted by molar-refractivity contribution is 14.1. The van der Waals surface area contributed by atoms with Gasteiger partial charge in [0.15, 0.2) is 0 Å². The minimum atomic E-state index is -0.0358. The van der Waals surface area contributed by atoms with Gasteiger partial charge < -0.3 is 10.6 Å². The normalized spacial score (nSPS) is 12.2. The van der Waals surface area contributed by atoms with Gasteiger partial charge in [-0.05, 0) is 63.8 Å². The van der Waals surface area contributed by atoms with E-state index in [4.69, 9.17) is 0 Å².